The zero-order valence-electron chi connectivity index (χ0n) is 9.98. The SMILES string of the molecule is Cn1nnc(Cn2c(=O)oc(=O)c3ccccc32)n1. The molecule has 0 spiro atoms. The zero-order chi connectivity index (χ0) is 13.4. The third-order valence-electron chi connectivity index (χ3n) is 2.66. The van der Waals surface area contributed by atoms with Crippen molar-refractivity contribution in [1.29, 1.82) is 0 Å². The van der Waals surface area contributed by atoms with Crippen LogP contribution in [0, 0.1) is 0 Å². The molecule has 0 atom stereocenters. The Bertz CT molecular complexity index is 860. The number of para-hydroxylation sites is 1. The Kier molecular flexibility index (Phi) is 2.48. The highest BCUT2D eigenvalue weighted by Crippen LogP contribution is 2.07. The first-order valence-electron chi connectivity index (χ1n) is 5.51. The predicted octanol–water partition coefficient (Wildman–Crippen LogP) is -0.474. The molecule has 8 heteroatoms. The number of rotatable bonds is 2. The average molecular weight is 259 g/mol. The Labute approximate surface area is 105 Å². The molecule has 0 aliphatic heterocycles. The topological polar surface area (TPSA) is 95.8 Å². The van der Waals surface area contributed by atoms with E-state index in [1.807, 2.05) is 0 Å². The number of hydrogen-bond donors (Lipinski definition) is 0. The van der Waals surface area contributed by atoms with Crippen LogP contribution in [-0.4, -0.2) is 24.8 Å². The number of nitrogens with zero attached hydrogens (tertiary/aromatic N) is 5. The van der Waals surface area contributed by atoms with Gasteiger partial charge < -0.3 is 4.42 Å². The van der Waals surface area contributed by atoms with Gasteiger partial charge in [0.15, 0.2) is 5.82 Å². The smallest absolute Gasteiger partial charge is 0.372 e. The number of aryl methyl sites for hydroxylation is 1. The summed E-state index contributed by atoms with van der Waals surface area (Å²) in [6.45, 7) is 0.0942. The summed E-state index contributed by atoms with van der Waals surface area (Å²) >= 11 is 0. The lowest BCUT2D eigenvalue weighted by molar-refractivity contribution is 0.422. The van der Waals surface area contributed by atoms with Gasteiger partial charge in [-0.05, 0) is 17.3 Å². The zero-order valence-corrected chi connectivity index (χ0v) is 9.98. The average Bonchev–Trinajstić information content (AvgIpc) is 2.80. The molecule has 96 valence electrons. The molecule has 0 saturated heterocycles. The molecule has 0 unspecified atom stereocenters. The second kappa shape index (κ2) is 4.16. The highest BCUT2D eigenvalue weighted by Gasteiger charge is 2.11. The van der Waals surface area contributed by atoms with E-state index in [-0.39, 0.29) is 6.54 Å². The highest BCUT2D eigenvalue weighted by molar-refractivity contribution is 5.77. The third-order valence-corrected chi connectivity index (χ3v) is 2.66. The van der Waals surface area contributed by atoms with Crippen molar-refractivity contribution < 1.29 is 4.42 Å². The van der Waals surface area contributed by atoms with E-state index < -0.39 is 11.4 Å². The first-order valence-corrected chi connectivity index (χ1v) is 5.51. The van der Waals surface area contributed by atoms with Crippen molar-refractivity contribution >= 4 is 10.9 Å². The summed E-state index contributed by atoms with van der Waals surface area (Å²) in [6.07, 6.45) is 0. The molecule has 0 N–H and O–H groups in total. The lowest BCUT2D eigenvalue weighted by Gasteiger charge is -2.05. The Morgan fingerprint density at radius 3 is 2.79 bits per heavy atom. The molecular weight excluding hydrogens is 250 g/mol. The molecule has 1 aromatic carbocycles. The van der Waals surface area contributed by atoms with Crippen molar-refractivity contribution in [2.75, 3.05) is 0 Å². The standard InChI is InChI=1S/C11H9N5O3/c1-15-13-9(12-14-15)6-16-8-5-3-2-4-7(8)10(17)19-11(16)18/h2-5H,6H2,1H3. The van der Waals surface area contributed by atoms with E-state index in [0.717, 1.165) is 0 Å². The summed E-state index contributed by atoms with van der Waals surface area (Å²) < 4.78 is 5.97. The van der Waals surface area contributed by atoms with Crippen LogP contribution in [0.25, 0.3) is 10.9 Å². The van der Waals surface area contributed by atoms with Gasteiger partial charge in [-0.1, -0.05) is 12.1 Å². The Balaban J connectivity index is 2.23. The predicted molar refractivity (Wildman–Crippen MR) is 64.6 cm³/mol. The van der Waals surface area contributed by atoms with Gasteiger partial charge in [-0.2, -0.15) is 4.80 Å². The van der Waals surface area contributed by atoms with E-state index in [0.29, 0.717) is 16.7 Å². The minimum atomic E-state index is -0.740. The summed E-state index contributed by atoms with van der Waals surface area (Å²) in [5.41, 5.74) is -0.167. The molecule has 2 aromatic heterocycles. The van der Waals surface area contributed by atoms with E-state index in [2.05, 4.69) is 19.8 Å². The molecule has 2 heterocycles. The Hall–Kier alpha value is -2.77. The number of aromatic nitrogens is 5. The van der Waals surface area contributed by atoms with Crippen LogP contribution >= 0.6 is 0 Å². The molecule has 3 rings (SSSR count). The minimum Gasteiger partial charge on any atom is -0.372 e. The third kappa shape index (κ3) is 1.92. The van der Waals surface area contributed by atoms with Crippen LogP contribution in [0.1, 0.15) is 5.82 Å². The second-order valence-electron chi connectivity index (χ2n) is 3.95. The van der Waals surface area contributed by atoms with Gasteiger partial charge in [-0.15, -0.1) is 10.2 Å². The quantitative estimate of drug-likeness (QED) is 0.617. The van der Waals surface area contributed by atoms with E-state index in [4.69, 9.17) is 0 Å². The summed E-state index contributed by atoms with van der Waals surface area (Å²) in [5, 5.41) is 11.8. The molecular formula is C11H9N5O3. The van der Waals surface area contributed by atoms with Crippen LogP contribution in [0.5, 0.6) is 0 Å². The van der Waals surface area contributed by atoms with Crippen molar-refractivity contribution in [2.45, 2.75) is 6.54 Å². The fraction of sp³-hybridized carbons (Fsp3) is 0.182. The summed E-state index contributed by atoms with van der Waals surface area (Å²) in [7, 11) is 1.63. The second-order valence-corrected chi connectivity index (χ2v) is 3.95. The van der Waals surface area contributed by atoms with Crippen LogP contribution < -0.4 is 11.4 Å². The molecule has 0 aliphatic carbocycles. The van der Waals surface area contributed by atoms with Gasteiger partial charge >= 0.3 is 11.4 Å². The molecule has 8 nitrogen and oxygen atoms in total. The lowest BCUT2D eigenvalue weighted by Crippen LogP contribution is -2.25. The lowest BCUT2D eigenvalue weighted by atomic mass is 10.2. The summed E-state index contributed by atoms with van der Waals surface area (Å²) in [6, 6.07) is 6.71. The monoisotopic (exact) mass is 259 g/mol. The number of fused-ring (bicyclic) bond motifs is 1. The maximum atomic E-state index is 11.8. The van der Waals surface area contributed by atoms with Crippen molar-refractivity contribution in [3.63, 3.8) is 0 Å². The fourth-order valence-electron chi connectivity index (χ4n) is 1.85. The largest absolute Gasteiger partial charge is 0.422 e. The Morgan fingerprint density at radius 1 is 1.26 bits per heavy atom. The van der Waals surface area contributed by atoms with Crippen LogP contribution in [0.2, 0.25) is 0 Å². The van der Waals surface area contributed by atoms with Gasteiger partial charge in [0, 0.05) is 0 Å². The minimum absolute atomic E-state index is 0.0942. The molecule has 0 bridgehead atoms. The summed E-state index contributed by atoms with van der Waals surface area (Å²) in [4.78, 5) is 24.7. The number of benzene rings is 1. The van der Waals surface area contributed by atoms with Gasteiger partial charge in [0.2, 0.25) is 0 Å². The van der Waals surface area contributed by atoms with E-state index in [1.54, 1.807) is 31.3 Å². The van der Waals surface area contributed by atoms with E-state index in [1.165, 1.54) is 9.36 Å². The fourth-order valence-corrected chi connectivity index (χ4v) is 1.85. The van der Waals surface area contributed by atoms with Crippen LogP contribution in [0.4, 0.5) is 0 Å². The maximum absolute atomic E-state index is 11.8. The van der Waals surface area contributed by atoms with Crippen molar-refractivity contribution in [3.05, 3.63) is 51.1 Å². The molecule has 0 amide bonds. The van der Waals surface area contributed by atoms with Gasteiger partial charge in [0.05, 0.1) is 24.5 Å². The van der Waals surface area contributed by atoms with Crippen molar-refractivity contribution in [2.24, 2.45) is 7.05 Å². The normalized spacial score (nSPS) is 11.0. The summed E-state index contributed by atoms with van der Waals surface area (Å²) in [5.74, 6) is -0.375. The van der Waals surface area contributed by atoms with E-state index in [9.17, 15) is 9.59 Å². The van der Waals surface area contributed by atoms with Gasteiger partial charge in [0.25, 0.3) is 0 Å². The van der Waals surface area contributed by atoms with Crippen molar-refractivity contribution in [3.8, 4) is 0 Å². The highest BCUT2D eigenvalue weighted by atomic mass is 16.4. The van der Waals surface area contributed by atoms with Gasteiger partial charge in [-0.25, -0.2) is 9.59 Å². The van der Waals surface area contributed by atoms with Crippen LogP contribution in [0.3, 0.4) is 0 Å². The molecule has 19 heavy (non-hydrogen) atoms. The molecule has 0 radical (unpaired) electrons. The van der Waals surface area contributed by atoms with Gasteiger partial charge in [0.1, 0.15) is 0 Å². The maximum Gasteiger partial charge on any atom is 0.422 e. The molecule has 0 aliphatic rings. The molecule has 3 aromatic rings. The number of hydrogen-bond acceptors (Lipinski definition) is 6. The van der Waals surface area contributed by atoms with Crippen LogP contribution in [-0.2, 0) is 13.6 Å². The van der Waals surface area contributed by atoms with Crippen LogP contribution in [0.15, 0.2) is 38.3 Å². The molecule has 0 saturated carbocycles. The first-order chi connectivity index (χ1) is 9.15. The first kappa shape index (κ1) is 11.3. The Morgan fingerprint density at radius 2 is 2.05 bits per heavy atom. The number of tetrazole rings is 1. The van der Waals surface area contributed by atoms with E-state index >= 15 is 0 Å². The van der Waals surface area contributed by atoms with Gasteiger partial charge in [-0.3, -0.25) is 4.57 Å². The van der Waals surface area contributed by atoms with Crippen molar-refractivity contribution in [1.82, 2.24) is 24.8 Å². The molecule has 0 fully saturated rings.